The molecule has 6 heteroatoms. The van der Waals surface area contributed by atoms with Gasteiger partial charge in [-0.15, -0.1) is 0 Å². The minimum Gasteiger partial charge on any atom is -0.362 e. The van der Waals surface area contributed by atoms with Crippen LogP contribution in [0, 0.1) is 17.2 Å². The van der Waals surface area contributed by atoms with E-state index < -0.39 is 0 Å². The zero-order valence-electron chi connectivity index (χ0n) is 13.2. The van der Waals surface area contributed by atoms with Gasteiger partial charge in [-0.25, -0.2) is 4.98 Å². The Labute approximate surface area is 145 Å². The van der Waals surface area contributed by atoms with Crippen LogP contribution < -0.4 is 10.6 Å². The minimum absolute atomic E-state index is 0.0175. The third-order valence-corrected chi connectivity index (χ3v) is 4.24. The first-order valence-electron chi connectivity index (χ1n) is 7.80. The van der Waals surface area contributed by atoms with E-state index in [1.807, 2.05) is 37.3 Å². The standard InChI is InChI=1S/C18H17ClN4O/c1-11(22-17-16(19)8-12(9-20)10-21-17)13-4-6-15(7-5-13)23-18(24)14-2-3-14/h4-8,10-11,14H,2-3H2,1H3,(H,21,22)(H,23,24)/t11-/m0/s1. The molecule has 1 aromatic heterocycles. The van der Waals surface area contributed by atoms with Gasteiger partial charge in [0.1, 0.15) is 11.9 Å². The van der Waals surface area contributed by atoms with Crippen LogP contribution in [0.1, 0.15) is 36.9 Å². The van der Waals surface area contributed by atoms with Crippen molar-refractivity contribution < 1.29 is 4.79 Å². The summed E-state index contributed by atoms with van der Waals surface area (Å²) in [5.41, 5.74) is 2.27. The number of nitriles is 1. The maximum absolute atomic E-state index is 11.8. The number of halogens is 1. The van der Waals surface area contributed by atoms with E-state index in [-0.39, 0.29) is 17.9 Å². The molecule has 24 heavy (non-hydrogen) atoms. The van der Waals surface area contributed by atoms with Crippen molar-refractivity contribution in [2.45, 2.75) is 25.8 Å². The molecule has 1 fully saturated rings. The van der Waals surface area contributed by atoms with Gasteiger partial charge >= 0.3 is 0 Å². The number of carbonyl (C=O) groups is 1. The summed E-state index contributed by atoms with van der Waals surface area (Å²) in [6, 6.07) is 11.3. The molecule has 1 aliphatic rings. The molecule has 122 valence electrons. The summed E-state index contributed by atoms with van der Waals surface area (Å²) in [7, 11) is 0. The topological polar surface area (TPSA) is 77.8 Å². The van der Waals surface area contributed by atoms with Crippen molar-refractivity contribution in [3.63, 3.8) is 0 Å². The Balaban J connectivity index is 1.65. The molecule has 0 spiro atoms. The number of nitrogens with one attached hydrogen (secondary N) is 2. The highest BCUT2D eigenvalue weighted by Gasteiger charge is 2.29. The van der Waals surface area contributed by atoms with Crippen LogP contribution in [0.3, 0.4) is 0 Å². The Morgan fingerprint density at radius 3 is 2.67 bits per heavy atom. The molecule has 1 aromatic carbocycles. The molecule has 2 aromatic rings. The van der Waals surface area contributed by atoms with E-state index in [4.69, 9.17) is 16.9 Å². The fourth-order valence-electron chi connectivity index (χ4n) is 2.34. The van der Waals surface area contributed by atoms with Crippen molar-refractivity contribution in [3.05, 3.63) is 52.7 Å². The molecule has 0 radical (unpaired) electrons. The van der Waals surface area contributed by atoms with Crippen molar-refractivity contribution in [1.82, 2.24) is 4.98 Å². The molecule has 1 amide bonds. The van der Waals surface area contributed by atoms with E-state index in [9.17, 15) is 4.79 Å². The van der Waals surface area contributed by atoms with Crippen LogP contribution in [-0.2, 0) is 4.79 Å². The summed E-state index contributed by atoms with van der Waals surface area (Å²) in [6.07, 6.45) is 3.46. The molecular weight excluding hydrogens is 324 g/mol. The van der Waals surface area contributed by atoms with Gasteiger partial charge in [-0.05, 0) is 43.5 Å². The monoisotopic (exact) mass is 340 g/mol. The summed E-state index contributed by atoms with van der Waals surface area (Å²) in [5.74, 6) is 0.826. The van der Waals surface area contributed by atoms with Crippen LogP contribution in [0.15, 0.2) is 36.5 Å². The van der Waals surface area contributed by atoms with E-state index >= 15 is 0 Å². The van der Waals surface area contributed by atoms with Crippen LogP contribution in [0.5, 0.6) is 0 Å². The van der Waals surface area contributed by atoms with Crippen LogP contribution in [0.2, 0.25) is 5.02 Å². The number of hydrogen-bond donors (Lipinski definition) is 2. The largest absolute Gasteiger partial charge is 0.362 e. The summed E-state index contributed by atoms with van der Waals surface area (Å²) in [6.45, 7) is 1.99. The number of amides is 1. The Bertz CT molecular complexity index is 794. The lowest BCUT2D eigenvalue weighted by Crippen LogP contribution is -2.13. The molecule has 1 aliphatic carbocycles. The summed E-state index contributed by atoms with van der Waals surface area (Å²) in [5, 5.41) is 15.4. The highest BCUT2D eigenvalue weighted by Crippen LogP contribution is 2.30. The third-order valence-electron chi connectivity index (χ3n) is 3.95. The van der Waals surface area contributed by atoms with Crippen LogP contribution in [0.4, 0.5) is 11.5 Å². The first-order chi connectivity index (χ1) is 11.6. The van der Waals surface area contributed by atoms with Gasteiger partial charge < -0.3 is 10.6 Å². The number of nitrogens with zero attached hydrogens (tertiary/aromatic N) is 2. The van der Waals surface area contributed by atoms with E-state index in [1.165, 1.54) is 6.20 Å². The van der Waals surface area contributed by atoms with Crippen LogP contribution in [-0.4, -0.2) is 10.9 Å². The minimum atomic E-state index is -0.0175. The number of rotatable bonds is 5. The van der Waals surface area contributed by atoms with Crippen molar-refractivity contribution in [1.29, 1.82) is 5.26 Å². The van der Waals surface area contributed by atoms with Crippen molar-refractivity contribution in [3.8, 4) is 6.07 Å². The third kappa shape index (κ3) is 3.84. The Kier molecular flexibility index (Phi) is 4.68. The molecule has 1 atom stereocenters. The fraction of sp³-hybridized carbons (Fsp3) is 0.278. The van der Waals surface area contributed by atoms with Gasteiger partial charge in [0.25, 0.3) is 0 Å². The summed E-state index contributed by atoms with van der Waals surface area (Å²) in [4.78, 5) is 15.9. The Morgan fingerprint density at radius 1 is 1.38 bits per heavy atom. The average Bonchev–Trinajstić information content (AvgIpc) is 3.42. The predicted octanol–water partition coefficient (Wildman–Crippen LogP) is 4.13. The zero-order chi connectivity index (χ0) is 17.1. The quantitative estimate of drug-likeness (QED) is 0.857. The lowest BCUT2D eigenvalue weighted by molar-refractivity contribution is -0.117. The van der Waals surface area contributed by atoms with Gasteiger partial charge in [0.2, 0.25) is 5.91 Å². The molecule has 2 N–H and O–H groups in total. The van der Waals surface area contributed by atoms with Gasteiger partial charge in [0.05, 0.1) is 10.6 Å². The molecule has 1 saturated carbocycles. The first-order valence-corrected chi connectivity index (χ1v) is 8.17. The van der Waals surface area contributed by atoms with Crippen molar-refractivity contribution in [2.75, 3.05) is 10.6 Å². The lowest BCUT2D eigenvalue weighted by atomic mass is 10.1. The first kappa shape index (κ1) is 16.3. The fourth-order valence-corrected chi connectivity index (χ4v) is 2.56. The molecule has 1 heterocycles. The van der Waals surface area contributed by atoms with Gasteiger partial charge in [0.15, 0.2) is 0 Å². The van der Waals surface area contributed by atoms with Gasteiger partial charge in [0, 0.05) is 23.8 Å². The van der Waals surface area contributed by atoms with Crippen molar-refractivity contribution in [2.24, 2.45) is 5.92 Å². The second kappa shape index (κ2) is 6.90. The highest BCUT2D eigenvalue weighted by atomic mass is 35.5. The summed E-state index contributed by atoms with van der Waals surface area (Å²) < 4.78 is 0. The average molecular weight is 341 g/mol. The SMILES string of the molecule is C[C@H](Nc1ncc(C#N)cc1Cl)c1ccc(NC(=O)C2CC2)cc1. The van der Waals surface area contributed by atoms with E-state index in [0.717, 1.165) is 24.1 Å². The maximum atomic E-state index is 11.8. The van der Waals surface area contributed by atoms with E-state index in [0.29, 0.717) is 16.4 Å². The number of anilines is 2. The Morgan fingerprint density at radius 2 is 2.08 bits per heavy atom. The van der Waals surface area contributed by atoms with Crippen molar-refractivity contribution >= 4 is 29.0 Å². The number of aromatic nitrogens is 1. The predicted molar refractivity (Wildman–Crippen MR) is 93.8 cm³/mol. The normalized spacial score (nSPS) is 14.5. The Hall–Kier alpha value is -2.58. The molecule has 0 saturated heterocycles. The molecule has 3 rings (SSSR count). The molecule has 0 bridgehead atoms. The van der Waals surface area contributed by atoms with Gasteiger partial charge in [-0.3, -0.25) is 4.79 Å². The molecule has 0 unspecified atom stereocenters. The second-order valence-corrected chi connectivity index (χ2v) is 6.32. The number of hydrogen-bond acceptors (Lipinski definition) is 4. The zero-order valence-corrected chi connectivity index (χ0v) is 14.0. The summed E-state index contributed by atoms with van der Waals surface area (Å²) >= 11 is 6.13. The number of benzene rings is 1. The molecule has 5 nitrogen and oxygen atoms in total. The molecular formula is C18H17ClN4O. The van der Waals surface area contributed by atoms with Gasteiger partial charge in [-0.2, -0.15) is 5.26 Å². The smallest absolute Gasteiger partial charge is 0.227 e. The van der Waals surface area contributed by atoms with Crippen LogP contribution in [0.25, 0.3) is 0 Å². The van der Waals surface area contributed by atoms with E-state index in [2.05, 4.69) is 15.6 Å². The number of carbonyl (C=O) groups excluding carboxylic acids is 1. The number of pyridine rings is 1. The van der Waals surface area contributed by atoms with Gasteiger partial charge in [-0.1, -0.05) is 23.7 Å². The maximum Gasteiger partial charge on any atom is 0.227 e. The lowest BCUT2D eigenvalue weighted by Gasteiger charge is -2.16. The highest BCUT2D eigenvalue weighted by molar-refractivity contribution is 6.33. The van der Waals surface area contributed by atoms with E-state index in [1.54, 1.807) is 6.07 Å². The molecule has 0 aliphatic heterocycles. The second-order valence-electron chi connectivity index (χ2n) is 5.92. The van der Waals surface area contributed by atoms with Crippen LogP contribution >= 0.6 is 11.6 Å².